The van der Waals surface area contributed by atoms with E-state index in [0.717, 1.165) is 19.3 Å². The number of phenols is 1. The second-order valence-electron chi connectivity index (χ2n) is 2.49. The number of nitrogens with two attached hydrogens (primary N) is 1. The van der Waals surface area contributed by atoms with Gasteiger partial charge < -0.3 is 10.8 Å². The van der Waals surface area contributed by atoms with Crippen LogP contribution in [0.15, 0.2) is 17.5 Å². The molecule has 2 rings (SSSR count). The molecule has 0 atom stereocenters. The van der Waals surface area contributed by atoms with Crippen LogP contribution < -0.4 is 5.73 Å². The molecule has 0 unspecified atom stereocenters. The van der Waals surface area contributed by atoms with Crippen LogP contribution in [0.2, 0.25) is 0 Å². The Morgan fingerprint density at radius 1 is 1.42 bits per heavy atom. The number of anilines is 1. The van der Waals surface area contributed by atoms with E-state index >= 15 is 0 Å². The molecule has 1 aromatic heterocycles. The predicted molar refractivity (Wildman–Crippen MR) is 60.6 cm³/mol. The highest BCUT2D eigenvalue weighted by Gasteiger charge is 2.04. The maximum Gasteiger partial charge on any atom is 0.130 e. The summed E-state index contributed by atoms with van der Waals surface area (Å²) >= 11 is 3.63. The van der Waals surface area contributed by atoms with Crippen LogP contribution >= 0.6 is 33.9 Å². The van der Waals surface area contributed by atoms with Gasteiger partial charge in [0.2, 0.25) is 0 Å². The predicted octanol–water partition coefficient (Wildman–Crippen LogP) is 2.79. The zero-order chi connectivity index (χ0) is 8.72. The highest BCUT2D eigenvalue weighted by Crippen LogP contribution is 2.33. The Kier molecular flexibility index (Phi) is 1.88. The van der Waals surface area contributed by atoms with Gasteiger partial charge in [0.05, 0.1) is 9.26 Å². The first kappa shape index (κ1) is 8.12. The summed E-state index contributed by atoms with van der Waals surface area (Å²) in [7, 11) is 0. The topological polar surface area (TPSA) is 46.2 Å². The fraction of sp³-hybridized carbons (Fsp3) is 0. The summed E-state index contributed by atoms with van der Waals surface area (Å²) in [5.74, 6) is 0.324. The molecule has 0 bridgehead atoms. The number of hydrogen-bond acceptors (Lipinski definition) is 3. The van der Waals surface area contributed by atoms with Gasteiger partial charge in [-0.15, -0.1) is 11.3 Å². The van der Waals surface area contributed by atoms with Crippen molar-refractivity contribution in [1.29, 1.82) is 0 Å². The van der Waals surface area contributed by atoms with Gasteiger partial charge in [-0.1, -0.05) is 0 Å². The Bertz CT molecular complexity index is 438. The number of rotatable bonds is 0. The number of phenolic OH excluding ortho intramolecular Hbond substituents is 1. The third kappa shape index (κ3) is 1.15. The average molecular weight is 291 g/mol. The molecule has 4 heteroatoms. The van der Waals surface area contributed by atoms with Gasteiger partial charge in [0.1, 0.15) is 5.75 Å². The number of halogens is 1. The summed E-state index contributed by atoms with van der Waals surface area (Å²) in [6.07, 6.45) is 0. The van der Waals surface area contributed by atoms with Gasteiger partial charge in [-0.05, 0) is 34.7 Å². The van der Waals surface area contributed by atoms with Gasteiger partial charge in [0.25, 0.3) is 0 Å². The summed E-state index contributed by atoms with van der Waals surface area (Å²) in [4.78, 5) is 0. The maximum atomic E-state index is 9.38. The van der Waals surface area contributed by atoms with E-state index in [2.05, 4.69) is 22.6 Å². The minimum Gasteiger partial charge on any atom is -0.507 e. The van der Waals surface area contributed by atoms with Crippen LogP contribution in [-0.2, 0) is 0 Å². The number of benzene rings is 1. The highest BCUT2D eigenvalue weighted by molar-refractivity contribution is 14.1. The van der Waals surface area contributed by atoms with Gasteiger partial charge >= 0.3 is 0 Å². The lowest BCUT2D eigenvalue weighted by Crippen LogP contribution is -1.81. The molecule has 1 aromatic carbocycles. The van der Waals surface area contributed by atoms with Crippen molar-refractivity contribution in [1.82, 2.24) is 0 Å². The molecule has 0 aliphatic rings. The zero-order valence-corrected chi connectivity index (χ0v) is 9.02. The summed E-state index contributed by atoms with van der Waals surface area (Å²) in [5.41, 5.74) is 6.51. The van der Waals surface area contributed by atoms with Crippen LogP contribution in [0.25, 0.3) is 10.1 Å². The monoisotopic (exact) mass is 291 g/mol. The van der Waals surface area contributed by atoms with Gasteiger partial charge in [0.15, 0.2) is 0 Å². The second kappa shape index (κ2) is 2.77. The van der Waals surface area contributed by atoms with Gasteiger partial charge in [-0.3, -0.25) is 0 Å². The van der Waals surface area contributed by atoms with Crippen LogP contribution in [0.5, 0.6) is 5.75 Å². The molecule has 1 heterocycles. The van der Waals surface area contributed by atoms with Crippen molar-refractivity contribution in [3.63, 3.8) is 0 Å². The largest absolute Gasteiger partial charge is 0.507 e. The molecule has 3 N–H and O–H groups in total. The Hall–Kier alpha value is -0.490. The fourth-order valence-electron chi connectivity index (χ4n) is 1.06. The standard InChI is InChI=1S/C8H6INOS/c9-5-1-4-6(10)3-12-8(4)2-7(5)11/h1-3,11H,10H2. The first-order valence-corrected chi connectivity index (χ1v) is 5.29. The molecule has 62 valence electrons. The smallest absolute Gasteiger partial charge is 0.130 e. The molecule has 0 aliphatic carbocycles. The minimum absolute atomic E-state index is 0.324. The molecular weight excluding hydrogens is 285 g/mol. The summed E-state index contributed by atoms with van der Waals surface area (Å²) < 4.78 is 1.87. The molecule has 0 spiro atoms. The zero-order valence-electron chi connectivity index (χ0n) is 6.04. The molecular formula is C8H6INOS. The summed E-state index contributed by atoms with van der Waals surface area (Å²) in [6, 6.07) is 3.65. The first-order valence-electron chi connectivity index (χ1n) is 3.33. The third-order valence-electron chi connectivity index (χ3n) is 1.67. The Morgan fingerprint density at radius 2 is 2.17 bits per heavy atom. The minimum atomic E-state index is 0.324. The molecule has 0 fully saturated rings. The quantitative estimate of drug-likeness (QED) is 0.733. The van der Waals surface area contributed by atoms with Crippen molar-refractivity contribution >= 4 is 49.7 Å². The third-order valence-corrected chi connectivity index (χ3v) is 3.50. The number of fused-ring (bicyclic) bond motifs is 1. The van der Waals surface area contributed by atoms with E-state index in [1.165, 1.54) is 0 Å². The molecule has 2 aromatic rings. The highest BCUT2D eigenvalue weighted by atomic mass is 127. The van der Waals surface area contributed by atoms with E-state index in [4.69, 9.17) is 5.73 Å². The van der Waals surface area contributed by atoms with Gasteiger partial charge in [0, 0.05) is 15.5 Å². The van der Waals surface area contributed by atoms with Crippen LogP contribution in [0.4, 0.5) is 5.69 Å². The first-order chi connectivity index (χ1) is 5.68. The normalized spacial score (nSPS) is 10.8. The van der Waals surface area contributed by atoms with Crippen LogP contribution in [0.1, 0.15) is 0 Å². The second-order valence-corrected chi connectivity index (χ2v) is 4.56. The Balaban J connectivity index is 2.87. The number of thiophene rings is 1. The van der Waals surface area contributed by atoms with Crippen LogP contribution in [0.3, 0.4) is 0 Å². The maximum absolute atomic E-state index is 9.38. The molecule has 0 saturated carbocycles. The molecule has 0 saturated heterocycles. The number of hydrogen-bond donors (Lipinski definition) is 2. The lowest BCUT2D eigenvalue weighted by atomic mass is 10.2. The Morgan fingerprint density at radius 3 is 2.92 bits per heavy atom. The van der Waals surface area contributed by atoms with Gasteiger partial charge in [-0.25, -0.2) is 0 Å². The van der Waals surface area contributed by atoms with Crippen molar-refractivity contribution in [2.75, 3.05) is 5.73 Å². The SMILES string of the molecule is Nc1csc2cc(O)c(I)cc12. The molecule has 0 amide bonds. The molecule has 2 nitrogen and oxygen atoms in total. The van der Waals surface area contributed by atoms with Crippen molar-refractivity contribution in [2.24, 2.45) is 0 Å². The van der Waals surface area contributed by atoms with Gasteiger partial charge in [-0.2, -0.15) is 0 Å². The van der Waals surface area contributed by atoms with Crippen molar-refractivity contribution in [3.8, 4) is 5.75 Å². The molecule has 0 aliphatic heterocycles. The van der Waals surface area contributed by atoms with Crippen molar-refractivity contribution in [3.05, 3.63) is 21.1 Å². The Labute approximate surface area is 87.1 Å². The van der Waals surface area contributed by atoms with Crippen LogP contribution in [0, 0.1) is 3.57 Å². The summed E-state index contributed by atoms with van der Waals surface area (Å²) in [5, 5.41) is 12.3. The van der Waals surface area contributed by atoms with E-state index in [9.17, 15) is 5.11 Å². The van der Waals surface area contributed by atoms with Crippen LogP contribution in [-0.4, -0.2) is 5.11 Å². The lowest BCUT2D eigenvalue weighted by molar-refractivity contribution is 0.472. The van der Waals surface area contributed by atoms with Crippen molar-refractivity contribution in [2.45, 2.75) is 0 Å². The summed E-state index contributed by atoms with van der Waals surface area (Å²) in [6.45, 7) is 0. The molecule has 0 radical (unpaired) electrons. The van der Waals surface area contributed by atoms with E-state index in [-0.39, 0.29) is 0 Å². The van der Waals surface area contributed by atoms with Crippen molar-refractivity contribution < 1.29 is 5.11 Å². The van der Waals surface area contributed by atoms with E-state index in [1.807, 2.05) is 11.4 Å². The number of aromatic hydroxyl groups is 1. The van der Waals surface area contributed by atoms with E-state index in [1.54, 1.807) is 17.4 Å². The van der Waals surface area contributed by atoms with E-state index < -0.39 is 0 Å². The molecule has 12 heavy (non-hydrogen) atoms. The average Bonchev–Trinajstić information content (AvgIpc) is 2.35. The lowest BCUT2D eigenvalue weighted by Gasteiger charge is -1.96. The van der Waals surface area contributed by atoms with E-state index in [0.29, 0.717) is 5.75 Å². The fourth-order valence-corrected chi connectivity index (χ4v) is 2.39. The number of nitrogen functional groups attached to an aromatic ring is 1.